The molecular formula is C20H18F3N3O2. The Kier molecular flexibility index (Phi) is 5.39. The van der Waals surface area contributed by atoms with Crippen molar-refractivity contribution in [3.05, 3.63) is 59.8 Å². The summed E-state index contributed by atoms with van der Waals surface area (Å²) < 4.78 is 52.3. The third-order valence-corrected chi connectivity index (χ3v) is 4.11. The maximum Gasteiger partial charge on any atom is 0.435 e. The average molecular weight is 389 g/mol. The van der Waals surface area contributed by atoms with Crippen LogP contribution in [0.2, 0.25) is 0 Å². The van der Waals surface area contributed by atoms with Gasteiger partial charge in [0.1, 0.15) is 0 Å². The van der Waals surface area contributed by atoms with Gasteiger partial charge in [-0.25, -0.2) is 9.67 Å². The second-order valence-corrected chi connectivity index (χ2v) is 5.88. The van der Waals surface area contributed by atoms with Crippen LogP contribution < -0.4 is 9.47 Å². The number of aryl methyl sites for hydroxylation is 1. The molecule has 3 aromatic rings. The van der Waals surface area contributed by atoms with E-state index in [1.807, 2.05) is 0 Å². The standard InChI is InChI=1S/C20H18F3N3O2/c1-26-19(24-12-14-10-7-11-15(27-2)17(14)28-3)16(13-8-5-4-6-9-13)18(25-26)20(21,22)23/h4-12H,1-3H3/b24-12-. The molecule has 0 saturated carbocycles. The minimum atomic E-state index is -4.61. The number of nitrogens with zero attached hydrogens (tertiary/aromatic N) is 3. The Morgan fingerprint density at radius 1 is 1.00 bits per heavy atom. The highest BCUT2D eigenvalue weighted by atomic mass is 19.4. The van der Waals surface area contributed by atoms with Crippen molar-refractivity contribution in [1.29, 1.82) is 0 Å². The Morgan fingerprint density at radius 2 is 1.71 bits per heavy atom. The molecule has 1 aromatic heterocycles. The second-order valence-electron chi connectivity index (χ2n) is 5.88. The first kappa shape index (κ1) is 19.5. The van der Waals surface area contributed by atoms with Crippen LogP contribution in [0.3, 0.4) is 0 Å². The summed E-state index contributed by atoms with van der Waals surface area (Å²) in [5.74, 6) is 1.02. The molecule has 0 saturated heterocycles. The van der Waals surface area contributed by atoms with Crippen LogP contribution in [0.5, 0.6) is 11.5 Å². The van der Waals surface area contributed by atoms with Gasteiger partial charge in [-0.05, 0) is 17.7 Å². The van der Waals surface area contributed by atoms with Crippen molar-refractivity contribution in [2.75, 3.05) is 14.2 Å². The molecule has 0 spiro atoms. The van der Waals surface area contributed by atoms with Crippen LogP contribution in [0.25, 0.3) is 11.1 Å². The van der Waals surface area contributed by atoms with Gasteiger partial charge in [0, 0.05) is 18.8 Å². The molecule has 0 unspecified atom stereocenters. The highest BCUT2D eigenvalue weighted by molar-refractivity contribution is 5.89. The summed E-state index contributed by atoms with van der Waals surface area (Å²) in [5, 5.41) is 3.67. The third-order valence-electron chi connectivity index (χ3n) is 4.11. The highest BCUT2D eigenvalue weighted by Crippen LogP contribution is 2.41. The number of methoxy groups -OCH3 is 2. The van der Waals surface area contributed by atoms with E-state index in [4.69, 9.17) is 9.47 Å². The first-order valence-corrected chi connectivity index (χ1v) is 8.31. The Bertz CT molecular complexity index is 996. The Labute approximate surface area is 160 Å². The van der Waals surface area contributed by atoms with Gasteiger partial charge in [-0.2, -0.15) is 18.3 Å². The molecule has 0 radical (unpaired) electrons. The molecule has 2 aromatic carbocycles. The first-order valence-electron chi connectivity index (χ1n) is 8.31. The van der Waals surface area contributed by atoms with E-state index < -0.39 is 11.9 Å². The molecule has 0 bridgehead atoms. The minimum absolute atomic E-state index is 0.0753. The quantitative estimate of drug-likeness (QED) is 0.585. The van der Waals surface area contributed by atoms with Crippen LogP contribution in [0.15, 0.2) is 53.5 Å². The number of aromatic nitrogens is 2. The molecule has 0 N–H and O–H groups in total. The zero-order chi connectivity index (χ0) is 20.3. The Balaban J connectivity index is 2.16. The lowest BCUT2D eigenvalue weighted by molar-refractivity contribution is -0.140. The molecule has 3 rings (SSSR count). The number of hydrogen-bond donors (Lipinski definition) is 0. The molecule has 0 aliphatic heterocycles. The predicted molar refractivity (Wildman–Crippen MR) is 100 cm³/mol. The molecule has 0 amide bonds. The lowest BCUT2D eigenvalue weighted by Gasteiger charge is -2.10. The Morgan fingerprint density at radius 3 is 2.32 bits per heavy atom. The van der Waals surface area contributed by atoms with Crippen molar-refractivity contribution in [2.45, 2.75) is 6.18 Å². The van der Waals surface area contributed by atoms with Gasteiger partial charge >= 0.3 is 6.18 Å². The van der Waals surface area contributed by atoms with E-state index in [9.17, 15) is 13.2 Å². The average Bonchev–Trinajstić information content (AvgIpc) is 3.03. The zero-order valence-corrected chi connectivity index (χ0v) is 15.5. The normalized spacial score (nSPS) is 11.8. The molecule has 146 valence electrons. The summed E-state index contributed by atoms with van der Waals surface area (Å²) in [6.45, 7) is 0. The number of ether oxygens (including phenoxy) is 2. The van der Waals surface area contributed by atoms with Gasteiger partial charge in [0.05, 0.1) is 19.8 Å². The number of rotatable bonds is 5. The van der Waals surface area contributed by atoms with Crippen molar-refractivity contribution in [3.63, 3.8) is 0 Å². The van der Waals surface area contributed by atoms with E-state index in [2.05, 4.69) is 10.1 Å². The molecule has 8 heteroatoms. The highest BCUT2D eigenvalue weighted by Gasteiger charge is 2.39. The number of aliphatic imine (C=N–C) groups is 1. The van der Waals surface area contributed by atoms with Crippen molar-refractivity contribution in [1.82, 2.24) is 9.78 Å². The summed E-state index contributed by atoms with van der Waals surface area (Å²) in [6, 6.07) is 13.4. The minimum Gasteiger partial charge on any atom is -0.493 e. The molecule has 5 nitrogen and oxygen atoms in total. The van der Waals surface area contributed by atoms with Gasteiger partial charge in [0.15, 0.2) is 23.0 Å². The van der Waals surface area contributed by atoms with Crippen LogP contribution in [0.1, 0.15) is 11.3 Å². The van der Waals surface area contributed by atoms with Gasteiger partial charge in [-0.1, -0.05) is 36.4 Å². The van der Waals surface area contributed by atoms with Crippen molar-refractivity contribution >= 4 is 12.0 Å². The molecule has 0 fully saturated rings. The van der Waals surface area contributed by atoms with Crippen molar-refractivity contribution in [3.8, 4) is 22.6 Å². The van der Waals surface area contributed by atoms with Crippen LogP contribution in [0.4, 0.5) is 19.0 Å². The largest absolute Gasteiger partial charge is 0.493 e. The Hall–Kier alpha value is -3.29. The second kappa shape index (κ2) is 7.75. The fraction of sp³-hybridized carbons (Fsp3) is 0.200. The lowest BCUT2D eigenvalue weighted by atomic mass is 10.1. The van der Waals surface area contributed by atoms with Crippen molar-refractivity contribution in [2.24, 2.45) is 12.0 Å². The van der Waals surface area contributed by atoms with Crippen LogP contribution >= 0.6 is 0 Å². The fourth-order valence-corrected chi connectivity index (χ4v) is 2.88. The number of hydrogen-bond acceptors (Lipinski definition) is 4. The smallest absolute Gasteiger partial charge is 0.435 e. The van der Waals surface area contributed by atoms with Crippen LogP contribution in [0, 0.1) is 0 Å². The fourth-order valence-electron chi connectivity index (χ4n) is 2.88. The molecular weight excluding hydrogens is 371 g/mol. The van der Waals surface area contributed by atoms with Crippen LogP contribution in [-0.2, 0) is 13.2 Å². The van der Waals surface area contributed by atoms with Gasteiger partial charge in [0.25, 0.3) is 0 Å². The van der Waals surface area contributed by atoms with Crippen LogP contribution in [-0.4, -0.2) is 30.2 Å². The van der Waals surface area contributed by atoms with Gasteiger partial charge in [-0.15, -0.1) is 0 Å². The summed E-state index contributed by atoms with van der Waals surface area (Å²) >= 11 is 0. The number of halogens is 3. The van der Waals surface area contributed by atoms with E-state index in [-0.39, 0.29) is 11.4 Å². The maximum atomic E-state index is 13.5. The zero-order valence-electron chi connectivity index (χ0n) is 15.5. The van der Waals surface area contributed by atoms with Gasteiger partial charge in [0.2, 0.25) is 0 Å². The predicted octanol–water partition coefficient (Wildman–Crippen LogP) is 4.87. The maximum absolute atomic E-state index is 13.5. The number of alkyl halides is 3. The summed E-state index contributed by atoms with van der Waals surface area (Å²) in [7, 11) is 4.41. The first-order chi connectivity index (χ1) is 13.4. The monoisotopic (exact) mass is 389 g/mol. The molecule has 1 heterocycles. The van der Waals surface area contributed by atoms with Crippen molar-refractivity contribution < 1.29 is 22.6 Å². The van der Waals surface area contributed by atoms with E-state index >= 15 is 0 Å². The van der Waals surface area contributed by atoms with E-state index in [0.29, 0.717) is 22.6 Å². The van der Waals surface area contributed by atoms with E-state index in [1.54, 1.807) is 48.5 Å². The molecule has 0 atom stereocenters. The van der Waals surface area contributed by atoms with E-state index in [1.165, 1.54) is 27.5 Å². The number of benzene rings is 2. The molecule has 28 heavy (non-hydrogen) atoms. The van der Waals surface area contributed by atoms with Gasteiger partial charge < -0.3 is 9.47 Å². The summed E-state index contributed by atoms with van der Waals surface area (Å²) in [6.07, 6.45) is -3.17. The summed E-state index contributed by atoms with van der Waals surface area (Å²) in [5.41, 5.74) is -0.108. The lowest BCUT2D eigenvalue weighted by Crippen LogP contribution is -2.08. The van der Waals surface area contributed by atoms with E-state index in [0.717, 1.165) is 4.68 Å². The third kappa shape index (κ3) is 3.71. The summed E-state index contributed by atoms with van der Waals surface area (Å²) in [4.78, 5) is 4.31. The molecule has 0 aliphatic rings. The van der Waals surface area contributed by atoms with Gasteiger partial charge in [-0.3, -0.25) is 0 Å². The number of para-hydroxylation sites is 1. The SMILES string of the molecule is COc1cccc(/C=N\c2c(-c3ccccc3)c(C(F)(F)F)nn2C)c1OC. The topological polar surface area (TPSA) is 48.6 Å². The molecule has 0 aliphatic carbocycles.